The van der Waals surface area contributed by atoms with Gasteiger partial charge in [0.15, 0.2) is 0 Å². The Kier molecular flexibility index (Phi) is 5.23. The molecule has 0 saturated carbocycles. The number of carbonyl (C=O) groups is 1. The zero-order chi connectivity index (χ0) is 16.9. The maximum absolute atomic E-state index is 12.5. The molecule has 5 nitrogen and oxygen atoms in total. The fraction of sp³-hybridized carbons (Fsp3) is 0.278. The second kappa shape index (κ2) is 7.55. The Balaban J connectivity index is 1.67. The molecule has 24 heavy (non-hydrogen) atoms. The lowest BCUT2D eigenvalue weighted by Crippen LogP contribution is -2.38. The number of carbonyl (C=O) groups excluding carboxylic acids is 1. The van der Waals surface area contributed by atoms with E-state index in [2.05, 4.69) is 5.32 Å². The van der Waals surface area contributed by atoms with Crippen LogP contribution >= 0.6 is 11.6 Å². The van der Waals surface area contributed by atoms with Crippen molar-refractivity contribution in [3.8, 4) is 5.75 Å². The minimum atomic E-state index is -0.159. The summed E-state index contributed by atoms with van der Waals surface area (Å²) in [5.41, 5.74) is 2.75. The maximum atomic E-state index is 12.5. The molecular weight excluding hydrogens is 328 g/mol. The third-order valence-corrected chi connectivity index (χ3v) is 4.32. The van der Waals surface area contributed by atoms with Gasteiger partial charge < -0.3 is 15.2 Å². The molecule has 0 fully saturated rings. The van der Waals surface area contributed by atoms with E-state index in [0.717, 1.165) is 23.2 Å². The number of nitrogens with one attached hydrogen (secondary N) is 1. The van der Waals surface area contributed by atoms with Crippen molar-refractivity contribution in [2.45, 2.75) is 13.0 Å². The molecule has 0 unspecified atom stereocenters. The van der Waals surface area contributed by atoms with Crippen LogP contribution in [0.25, 0.3) is 0 Å². The third kappa shape index (κ3) is 3.47. The quantitative estimate of drug-likeness (QED) is 0.875. The Morgan fingerprint density at radius 1 is 1.25 bits per heavy atom. The number of benzene rings is 2. The first-order valence-electron chi connectivity index (χ1n) is 7.85. The average molecular weight is 347 g/mol. The molecule has 6 heteroatoms. The molecular formula is C18H19ClN2O3. The van der Waals surface area contributed by atoms with E-state index < -0.39 is 0 Å². The van der Waals surface area contributed by atoms with Gasteiger partial charge >= 0.3 is 6.03 Å². The zero-order valence-corrected chi connectivity index (χ0v) is 13.9. The number of aliphatic hydroxyl groups is 1. The molecule has 2 amide bonds. The van der Waals surface area contributed by atoms with Gasteiger partial charge in [-0.25, -0.2) is 4.79 Å². The van der Waals surface area contributed by atoms with Gasteiger partial charge in [0.25, 0.3) is 0 Å². The number of rotatable bonds is 5. The van der Waals surface area contributed by atoms with Crippen LogP contribution in [0, 0.1) is 0 Å². The van der Waals surface area contributed by atoms with Crippen molar-refractivity contribution in [1.29, 1.82) is 0 Å². The number of hydrogen-bond acceptors (Lipinski definition) is 3. The Morgan fingerprint density at radius 3 is 2.92 bits per heavy atom. The highest BCUT2D eigenvalue weighted by atomic mass is 35.5. The first-order chi connectivity index (χ1) is 11.7. The molecule has 0 bridgehead atoms. The van der Waals surface area contributed by atoms with Gasteiger partial charge in [-0.1, -0.05) is 35.9 Å². The minimum Gasteiger partial charge on any atom is -0.491 e. The van der Waals surface area contributed by atoms with Crippen LogP contribution in [-0.2, 0) is 13.0 Å². The predicted molar refractivity (Wildman–Crippen MR) is 93.8 cm³/mol. The van der Waals surface area contributed by atoms with Gasteiger partial charge in [-0.15, -0.1) is 0 Å². The maximum Gasteiger partial charge on any atom is 0.322 e. The molecule has 0 saturated heterocycles. The Labute approximate surface area is 145 Å². The van der Waals surface area contributed by atoms with Crippen LogP contribution in [-0.4, -0.2) is 30.9 Å². The molecule has 3 rings (SSSR count). The van der Waals surface area contributed by atoms with Crippen molar-refractivity contribution in [2.24, 2.45) is 0 Å². The molecule has 1 heterocycles. The van der Waals surface area contributed by atoms with Gasteiger partial charge in [-0.2, -0.15) is 0 Å². The van der Waals surface area contributed by atoms with Crippen molar-refractivity contribution >= 4 is 23.3 Å². The summed E-state index contributed by atoms with van der Waals surface area (Å²) >= 11 is 6.19. The van der Waals surface area contributed by atoms with Crippen LogP contribution in [0.5, 0.6) is 5.75 Å². The number of halogens is 1. The van der Waals surface area contributed by atoms with E-state index in [1.807, 2.05) is 42.5 Å². The smallest absolute Gasteiger partial charge is 0.322 e. The SMILES string of the molecule is O=C(NCc1ccccc1OCCO)N1CCc2c(Cl)cccc21. The molecule has 0 aliphatic carbocycles. The van der Waals surface area contributed by atoms with Gasteiger partial charge in [0.05, 0.1) is 12.3 Å². The van der Waals surface area contributed by atoms with Crippen molar-refractivity contribution in [1.82, 2.24) is 5.32 Å². The van der Waals surface area contributed by atoms with E-state index in [1.165, 1.54) is 0 Å². The van der Waals surface area contributed by atoms with E-state index in [4.69, 9.17) is 21.4 Å². The first kappa shape index (κ1) is 16.6. The van der Waals surface area contributed by atoms with Crippen molar-refractivity contribution in [3.05, 3.63) is 58.6 Å². The number of hydrogen-bond donors (Lipinski definition) is 2. The number of para-hydroxylation sites is 1. The van der Waals surface area contributed by atoms with Crippen LogP contribution in [0.2, 0.25) is 5.02 Å². The molecule has 0 radical (unpaired) electrons. The number of anilines is 1. The van der Waals surface area contributed by atoms with Crippen molar-refractivity contribution in [3.63, 3.8) is 0 Å². The van der Waals surface area contributed by atoms with E-state index in [1.54, 1.807) is 4.90 Å². The third-order valence-electron chi connectivity index (χ3n) is 3.97. The zero-order valence-electron chi connectivity index (χ0n) is 13.2. The predicted octanol–water partition coefficient (Wildman–Crippen LogP) is 2.98. The topological polar surface area (TPSA) is 61.8 Å². The highest BCUT2D eigenvalue weighted by molar-refractivity contribution is 6.32. The largest absolute Gasteiger partial charge is 0.491 e. The lowest BCUT2D eigenvalue weighted by molar-refractivity contribution is 0.200. The summed E-state index contributed by atoms with van der Waals surface area (Å²) in [5.74, 6) is 0.664. The fourth-order valence-electron chi connectivity index (χ4n) is 2.82. The van der Waals surface area contributed by atoms with Gasteiger partial charge in [-0.3, -0.25) is 4.90 Å². The Hall–Kier alpha value is -2.24. The average Bonchev–Trinajstić information content (AvgIpc) is 3.04. The molecule has 2 aromatic carbocycles. The summed E-state index contributed by atoms with van der Waals surface area (Å²) in [6, 6.07) is 12.9. The van der Waals surface area contributed by atoms with E-state index in [9.17, 15) is 4.79 Å². The van der Waals surface area contributed by atoms with Crippen LogP contribution < -0.4 is 15.0 Å². The molecule has 0 spiro atoms. The molecule has 1 aliphatic rings. The Bertz CT molecular complexity index is 736. The number of aliphatic hydroxyl groups excluding tert-OH is 1. The molecule has 0 aromatic heterocycles. The molecule has 2 aromatic rings. The van der Waals surface area contributed by atoms with Gasteiger partial charge in [-0.05, 0) is 30.2 Å². The standard InChI is InChI=1S/C18H19ClN2O3/c19-15-5-3-6-16-14(15)8-9-21(16)18(23)20-12-13-4-1-2-7-17(13)24-11-10-22/h1-7,22H,8-12H2,(H,20,23). The summed E-state index contributed by atoms with van der Waals surface area (Å²) in [6.07, 6.45) is 0.763. The molecule has 0 atom stereocenters. The van der Waals surface area contributed by atoms with Crippen molar-refractivity contribution in [2.75, 3.05) is 24.7 Å². The molecule has 1 aliphatic heterocycles. The molecule has 126 valence electrons. The highest BCUT2D eigenvalue weighted by Crippen LogP contribution is 2.33. The lowest BCUT2D eigenvalue weighted by atomic mass is 10.2. The van der Waals surface area contributed by atoms with Crippen LogP contribution in [0.4, 0.5) is 10.5 Å². The number of fused-ring (bicyclic) bond motifs is 1. The fourth-order valence-corrected chi connectivity index (χ4v) is 3.08. The van der Waals surface area contributed by atoms with Crippen LogP contribution in [0.15, 0.2) is 42.5 Å². The monoisotopic (exact) mass is 346 g/mol. The van der Waals surface area contributed by atoms with Gasteiger partial charge in [0.2, 0.25) is 0 Å². The van der Waals surface area contributed by atoms with Crippen LogP contribution in [0.1, 0.15) is 11.1 Å². The van der Waals surface area contributed by atoms with Gasteiger partial charge in [0.1, 0.15) is 12.4 Å². The number of ether oxygens (including phenoxy) is 1. The molecule has 2 N–H and O–H groups in total. The summed E-state index contributed by atoms with van der Waals surface area (Å²) in [7, 11) is 0. The summed E-state index contributed by atoms with van der Waals surface area (Å²) in [4.78, 5) is 14.2. The summed E-state index contributed by atoms with van der Waals surface area (Å²) in [5, 5.41) is 12.5. The lowest BCUT2D eigenvalue weighted by Gasteiger charge is -2.19. The second-order valence-corrected chi connectivity index (χ2v) is 5.88. The number of nitrogens with zero attached hydrogens (tertiary/aromatic N) is 1. The second-order valence-electron chi connectivity index (χ2n) is 5.48. The highest BCUT2D eigenvalue weighted by Gasteiger charge is 2.26. The Morgan fingerprint density at radius 2 is 2.08 bits per heavy atom. The van der Waals surface area contributed by atoms with E-state index >= 15 is 0 Å². The van der Waals surface area contributed by atoms with E-state index in [-0.39, 0.29) is 19.2 Å². The number of urea groups is 1. The normalized spacial score (nSPS) is 12.8. The van der Waals surface area contributed by atoms with Gasteiger partial charge in [0, 0.05) is 23.7 Å². The minimum absolute atomic E-state index is 0.0496. The summed E-state index contributed by atoms with van der Waals surface area (Å²) in [6.45, 7) is 1.15. The van der Waals surface area contributed by atoms with Crippen molar-refractivity contribution < 1.29 is 14.6 Å². The first-order valence-corrected chi connectivity index (χ1v) is 8.23. The van der Waals surface area contributed by atoms with Crippen LogP contribution in [0.3, 0.4) is 0 Å². The summed E-state index contributed by atoms with van der Waals surface area (Å²) < 4.78 is 5.48. The number of amides is 2. The van der Waals surface area contributed by atoms with E-state index in [0.29, 0.717) is 23.9 Å².